The first-order valence-corrected chi connectivity index (χ1v) is 13.1. The van der Waals surface area contributed by atoms with Crippen LogP contribution in [0.4, 0.5) is 13.2 Å². The van der Waals surface area contributed by atoms with Gasteiger partial charge in [0.1, 0.15) is 0 Å². The molecule has 1 saturated heterocycles. The lowest BCUT2D eigenvalue weighted by Crippen LogP contribution is -2.57. The normalized spacial score (nSPS) is 22.3. The van der Waals surface area contributed by atoms with Gasteiger partial charge in [-0.2, -0.15) is 0 Å². The molecular weight excluding hydrogens is 513 g/mol. The van der Waals surface area contributed by atoms with Crippen molar-refractivity contribution in [3.05, 3.63) is 65.6 Å². The minimum atomic E-state index is -1.64. The number of nitrogens with zero attached hydrogens (tertiary/aromatic N) is 4. The molecule has 204 valence electrons. The summed E-state index contributed by atoms with van der Waals surface area (Å²) in [6, 6.07) is 4.17. The van der Waals surface area contributed by atoms with Gasteiger partial charge in [0.05, 0.1) is 17.0 Å². The lowest BCUT2D eigenvalue weighted by Gasteiger charge is -2.38. The fourth-order valence-corrected chi connectivity index (χ4v) is 5.16. The molecule has 2 atom stereocenters. The topological polar surface area (TPSA) is 113 Å². The maximum absolute atomic E-state index is 14.2. The number of carbonyl (C=O) groups is 2. The Labute approximate surface area is 222 Å². The van der Waals surface area contributed by atoms with Crippen molar-refractivity contribution in [2.45, 2.75) is 43.7 Å². The summed E-state index contributed by atoms with van der Waals surface area (Å²) in [6.07, 6.45) is 7.70. The number of hydrogen-bond donors (Lipinski definition) is 2. The van der Waals surface area contributed by atoms with Gasteiger partial charge in [0.25, 0.3) is 5.91 Å². The van der Waals surface area contributed by atoms with Gasteiger partial charge < -0.3 is 20.1 Å². The number of hydrogen-bond acceptors (Lipinski definition) is 7. The zero-order valence-corrected chi connectivity index (χ0v) is 21.0. The van der Waals surface area contributed by atoms with E-state index < -0.39 is 40.9 Å². The van der Waals surface area contributed by atoms with E-state index in [1.54, 1.807) is 18.5 Å². The van der Waals surface area contributed by atoms with Crippen LogP contribution in [0, 0.1) is 29.3 Å². The highest BCUT2D eigenvalue weighted by Gasteiger charge is 2.50. The van der Waals surface area contributed by atoms with Gasteiger partial charge in [-0.3, -0.25) is 9.59 Å². The van der Waals surface area contributed by atoms with Crippen LogP contribution in [-0.4, -0.2) is 57.5 Å². The van der Waals surface area contributed by atoms with E-state index in [1.807, 2.05) is 0 Å². The molecule has 3 heterocycles. The summed E-state index contributed by atoms with van der Waals surface area (Å²) in [7, 11) is 0. The van der Waals surface area contributed by atoms with Gasteiger partial charge in [0.2, 0.25) is 5.91 Å². The number of likely N-dealkylation sites (tertiary alicyclic amines) is 1. The predicted octanol–water partition coefficient (Wildman–Crippen LogP) is 3.18. The quantitative estimate of drug-likeness (QED) is 0.422. The molecule has 2 aliphatic carbocycles. The van der Waals surface area contributed by atoms with Crippen molar-refractivity contribution in [2.75, 3.05) is 19.6 Å². The predicted molar refractivity (Wildman–Crippen MR) is 131 cm³/mol. The van der Waals surface area contributed by atoms with Crippen LogP contribution in [0.2, 0.25) is 0 Å². The highest BCUT2D eigenvalue weighted by molar-refractivity contribution is 5.94. The summed E-state index contributed by atoms with van der Waals surface area (Å²) in [6.45, 7) is 2.13. The highest BCUT2D eigenvalue weighted by Crippen LogP contribution is 2.44. The molecule has 39 heavy (non-hydrogen) atoms. The lowest BCUT2D eigenvalue weighted by molar-refractivity contribution is -0.128. The smallest absolute Gasteiger partial charge is 0.273 e. The van der Waals surface area contributed by atoms with Crippen molar-refractivity contribution >= 4 is 11.8 Å². The van der Waals surface area contributed by atoms with Crippen LogP contribution in [0.3, 0.4) is 0 Å². The molecule has 12 heteroatoms. The van der Waals surface area contributed by atoms with Crippen LogP contribution in [0.15, 0.2) is 41.2 Å². The van der Waals surface area contributed by atoms with E-state index in [2.05, 4.69) is 30.7 Å². The first kappa shape index (κ1) is 25.5. The third-order valence-electron chi connectivity index (χ3n) is 7.71. The summed E-state index contributed by atoms with van der Waals surface area (Å²) in [4.78, 5) is 37.6. The first-order chi connectivity index (χ1) is 18.8. The van der Waals surface area contributed by atoms with Crippen molar-refractivity contribution < 1.29 is 27.3 Å². The molecule has 0 radical (unpaired) electrons. The van der Waals surface area contributed by atoms with Crippen molar-refractivity contribution in [1.82, 2.24) is 30.7 Å². The molecule has 2 aromatic heterocycles. The Kier molecular flexibility index (Phi) is 6.57. The summed E-state index contributed by atoms with van der Waals surface area (Å²) in [5.41, 5.74) is -1.12. The molecule has 2 amide bonds. The van der Waals surface area contributed by atoms with Crippen LogP contribution in [0.5, 0.6) is 0 Å². The van der Waals surface area contributed by atoms with Crippen molar-refractivity contribution in [2.24, 2.45) is 11.8 Å². The second-order valence-corrected chi connectivity index (χ2v) is 10.6. The minimum Gasteiger partial charge on any atom is -0.355 e. The number of aromatic nitrogens is 3. The molecule has 3 fully saturated rings. The third-order valence-corrected chi connectivity index (χ3v) is 7.71. The number of carbonyl (C=O) groups excluding carboxylic acids is 2. The van der Waals surface area contributed by atoms with E-state index in [0.29, 0.717) is 24.7 Å². The van der Waals surface area contributed by atoms with Crippen LogP contribution in [-0.2, 0) is 10.3 Å². The van der Waals surface area contributed by atoms with E-state index in [4.69, 9.17) is 4.52 Å². The van der Waals surface area contributed by atoms with E-state index in [9.17, 15) is 22.8 Å². The number of benzene rings is 1. The third kappa shape index (κ3) is 5.25. The highest BCUT2D eigenvalue weighted by atomic mass is 19.2. The van der Waals surface area contributed by atoms with Gasteiger partial charge in [-0.1, -0.05) is 5.16 Å². The van der Waals surface area contributed by atoms with Gasteiger partial charge in [-0.05, 0) is 56.2 Å². The number of nitrogens with one attached hydrogen (secondary N) is 2. The molecule has 3 aromatic rings. The standard InChI is InChI=1S/C27H27F3N6O3/c28-18-5-4-16(22(29)23(18)30)21-12-20(35-39-21)25(38)33-19-6-11-36(13-15-2-3-15)14-17(19)24(37)34-27(7-8-27)26-31-9-1-10-32-26/h1,4-5,9-10,12,15,17,19H,2-3,6-8,11,13-14H2,(H,33,38)(H,34,37)/t17-,19-/m0/s1. The SMILES string of the molecule is O=C(N[C@H]1CCN(CC2CC2)C[C@@H]1C(=O)NC1(c2ncccn2)CC1)c1cc(-c2ccc(F)c(F)c2F)on1. The van der Waals surface area contributed by atoms with Gasteiger partial charge in [-0.15, -0.1) is 0 Å². The van der Waals surface area contributed by atoms with E-state index >= 15 is 0 Å². The Morgan fingerprint density at radius 1 is 1.08 bits per heavy atom. The molecule has 6 rings (SSSR count). The second kappa shape index (κ2) is 10.1. The van der Waals surface area contributed by atoms with Crippen LogP contribution in [0.1, 0.15) is 48.4 Å². The Hall–Kier alpha value is -3.80. The van der Waals surface area contributed by atoms with Gasteiger partial charge >= 0.3 is 0 Å². The molecular formula is C27H27F3N6O3. The average Bonchev–Trinajstić information content (AvgIpc) is 3.87. The maximum Gasteiger partial charge on any atom is 0.273 e. The first-order valence-electron chi connectivity index (χ1n) is 13.1. The average molecular weight is 541 g/mol. The molecule has 1 aliphatic heterocycles. The van der Waals surface area contributed by atoms with E-state index in [-0.39, 0.29) is 22.9 Å². The molecule has 0 bridgehead atoms. The van der Waals surface area contributed by atoms with Crippen LogP contribution >= 0.6 is 0 Å². The number of rotatable bonds is 8. The largest absolute Gasteiger partial charge is 0.355 e. The number of piperidine rings is 1. The molecule has 1 aromatic carbocycles. The number of amides is 2. The summed E-state index contributed by atoms with van der Waals surface area (Å²) in [5, 5.41) is 9.73. The molecule has 0 unspecified atom stereocenters. The van der Waals surface area contributed by atoms with Crippen molar-refractivity contribution in [3.63, 3.8) is 0 Å². The molecule has 9 nitrogen and oxygen atoms in total. The summed E-state index contributed by atoms with van der Waals surface area (Å²) < 4.78 is 46.2. The molecule has 3 aliphatic rings. The molecule has 2 saturated carbocycles. The number of halogens is 3. The Balaban J connectivity index is 1.18. The second-order valence-electron chi connectivity index (χ2n) is 10.6. The van der Waals surface area contributed by atoms with Crippen molar-refractivity contribution in [3.8, 4) is 11.3 Å². The summed E-state index contributed by atoms with van der Waals surface area (Å²) >= 11 is 0. The lowest BCUT2D eigenvalue weighted by atomic mass is 9.90. The molecule has 2 N–H and O–H groups in total. The summed E-state index contributed by atoms with van der Waals surface area (Å²) in [5.74, 6) is -4.74. The van der Waals surface area contributed by atoms with Gasteiger partial charge in [-0.25, -0.2) is 23.1 Å². The fraction of sp³-hybridized carbons (Fsp3) is 0.444. The molecule has 0 spiro atoms. The van der Waals surface area contributed by atoms with Crippen LogP contribution in [0.25, 0.3) is 11.3 Å². The monoisotopic (exact) mass is 540 g/mol. The fourth-order valence-electron chi connectivity index (χ4n) is 5.16. The Morgan fingerprint density at radius 2 is 1.85 bits per heavy atom. The van der Waals surface area contributed by atoms with E-state index in [0.717, 1.165) is 44.1 Å². The zero-order valence-electron chi connectivity index (χ0n) is 21.0. The Bertz CT molecular complexity index is 1390. The van der Waals surface area contributed by atoms with Crippen LogP contribution < -0.4 is 10.6 Å². The zero-order chi connectivity index (χ0) is 27.1. The van der Waals surface area contributed by atoms with Crippen molar-refractivity contribution in [1.29, 1.82) is 0 Å². The van der Waals surface area contributed by atoms with Gasteiger partial charge in [0.15, 0.2) is 34.7 Å². The van der Waals surface area contributed by atoms with Gasteiger partial charge in [0, 0.05) is 44.1 Å². The maximum atomic E-state index is 14.2. The minimum absolute atomic E-state index is 0.162. The Morgan fingerprint density at radius 3 is 2.56 bits per heavy atom. The van der Waals surface area contributed by atoms with E-state index in [1.165, 1.54) is 12.8 Å².